The van der Waals surface area contributed by atoms with Gasteiger partial charge < -0.3 is 9.84 Å². The Bertz CT molecular complexity index is 410. The number of ether oxygens (including phenoxy) is 1. The highest BCUT2D eigenvalue weighted by atomic mass is 16.5. The Hall–Kier alpha value is -0.570. The van der Waals surface area contributed by atoms with E-state index < -0.39 is 12.1 Å². The van der Waals surface area contributed by atoms with E-state index in [-0.39, 0.29) is 0 Å². The molecule has 0 radical (unpaired) electrons. The second-order valence-corrected chi connectivity index (χ2v) is 10.4. The maximum absolute atomic E-state index is 11.3. The van der Waals surface area contributed by atoms with Crippen LogP contribution in [0.2, 0.25) is 0 Å². The lowest BCUT2D eigenvalue weighted by Gasteiger charge is -2.36. The van der Waals surface area contributed by atoms with Crippen LogP contribution < -0.4 is 0 Å². The average molecular weight is 427 g/mol. The minimum Gasteiger partial charge on any atom is -0.464 e. The van der Waals surface area contributed by atoms with Crippen LogP contribution in [0.4, 0.5) is 0 Å². The van der Waals surface area contributed by atoms with E-state index in [2.05, 4.69) is 34.6 Å². The number of carbonyl (C=O) groups excluding carboxylic acids is 1. The molecule has 0 saturated carbocycles. The van der Waals surface area contributed by atoms with Crippen molar-refractivity contribution in [3.05, 3.63) is 0 Å². The van der Waals surface area contributed by atoms with Gasteiger partial charge in [0.05, 0.1) is 6.61 Å². The van der Waals surface area contributed by atoms with Gasteiger partial charge in [0.25, 0.3) is 0 Å². The van der Waals surface area contributed by atoms with Crippen LogP contribution >= 0.6 is 0 Å². The predicted octanol–water partition coefficient (Wildman–Crippen LogP) is 8.22. The molecule has 3 nitrogen and oxygen atoms in total. The molecule has 0 fully saturated rings. The number of carbonyl (C=O) groups is 1. The maximum atomic E-state index is 11.3. The van der Waals surface area contributed by atoms with Crippen LogP contribution in [-0.2, 0) is 9.53 Å². The third kappa shape index (κ3) is 14.4. The quantitative estimate of drug-likeness (QED) is 0.157. The highest BCUT2D eigenvalue weighted by molar-refractivity contribution is 5.73. The van der Waals surface area contributed by atoms with E-state index >= 15 is 0 Å². The van der Waals surface area contributed by atoms with E-state index in [1.54, 1.807) is 0 Å². The lowest BCUT2D eigenvalue weighted by atomic mass is 9.70. The molecule has 0 amide bonds. The van der Waals surface area contributed by atoms with Crippen LogP contribution in [-0.4, -0.2) is 23.8 Å². The summed E-state index contributed by atoms with van der Waals surface area (Å²) in [6.07, 6.45) is 19.9. The molecular weight excluding hydrogens is 372 g/mol. The fourth-order valence-corrected chi connectivity index (χ4v) is 4.44. The minimum absolute atomic E-state index is 0.381. The SMILES string of the molecule is CCCCCCCCCC(CC)(CC)CCC(C)(C)CCCCCOC(=O)C(C)O. The lowest BCUT2D eigenvalue weighted by molar-refractivity contribution is -0.152. The normalized spacial score (nSPS) is 13.4. The number of hydrogen-bond acceptors (Lipinski definition) is 3. The van der Waals surface area contributed by atoms with Crippen molar-refractivity contribution in [2.75, 3.05) is 6.61 Å². The molecule has 0 rings (SSSR count). The van der Waals surface area contributed by atoms with Gasteiger partial charge in [-0.3, -0.25) is 0 Å². The van der Waals surface area contributed by atoms with Gasteiger partial charge in [-0.15, -0.1) is 0 Å². The number of aliphatic hydroxyl groups is 1. The Morgan fingerprint density at radius 2 is 1.30 bits per heavy atom. The van der Waals surface area contributed by atoms with Crippen LogP contribution in [0.15, 0.2) is 0 Å². The summed E-state index contributed by atoms with van der Waals surface area (Å²) in [5.74, 6) is -0.508. The van der Waals surface area contributed by atoms with Crippen LogP contribution in [0, 0.1) is 10.8 Å². The molecule has 0 aliphatic rings. The van der Waals surface area contributed by atoms with Gasteiger partial charge in [-0.1, -0.05) is 105 Å². The summed E-state index contributed by atoms with van der Waals surface area (Å²) in [6, 6.07) is 0. The molecule has 0 aliphatic heterocycles. The monoisotopic (exact) mass is 426 g/mol. The largest absolute Gasteiger partial charge is 0.464 e. The van der Waals surface area contributed by atoms with Crippen LogP contribution in [0.3, 0.4) is 0 Å². The van der Waals surface area contributed by atoms with E-state index in [0.717, 1.165) is 12.8 Å². The van der Waals surface area contributed by atoms with Gasteiger partial charge in [0, 0.05) is 0 Å². The van der Waals surface area contributed by atoms with Gasteiger partial charge in [-0.25, -0.2) is 4.79 Å². The molecule has 0 aromatic heterocycles. The predicted molar refractivity (Wildman–Crippen MR) is 130 cm³/mol. The second-order valence-electron chi connectivity index (χ2n) is 10.4. The van der Waals surface area contributed by atoms with Gasteiger partial charge >= 0.3 is 5.97 Å². The Balaban J connectivity index is 4.12. The standard InChI is InChI=1S/C27H54O3/c1-7-10-11-12-13-14-17-20-27(8-2,9-3)22-21-26(5,6)19-16-15-18-23-30-25(29)24(4)28/h24,28H,7-23H2,1-6H3. The Labute approximate surface area is 188 Å². The zero-order valence-electron chi connectivity index (χ0n) is 21.4. The fraction of sp³-hybridized carbons (Fsp3) is 0.963. The maximum Gasteiger partial charge on any atom is 0.334 e. The van der Waals surface area contributed by atoms with Crippen molar-refractivity contribution in [2.24, 2.45) is 10.8 Å². The number of hydrogen-bond donors (Lipinski definition) is 1. The van der Waals surface area contributed by atoms with Crippen molar-refractivity contribution in [3.8, 4) is 0 Å². The average Bonchev–Trinajstić information content (AvgIpc) is 2.72. The first kappa shape index (κ1) is 29.4. The van der Waals surface area contributed by atoms with Crippen molar-refractivity contribution in [1.82, 2.24) is 0 Å². The van der Waals surface area contributed by atoms with Crippen molar-refractivity contribution in [2.45, 2.75) is 150 Å². The third-order valence-corrected chi connectivity index (χ3v) is 7.23. The molecular formula is C27H54O3. The van der Waals surface area contributed by atoms with E-state index in [1.165, 1.54) is 96.8 Å². The molecule has 1 atom stereocenters. The van der Waals surface area contributed by atoms with Crippen molar-refractivity contribution in [3.63, 3.8) is 0 Å². The van der Waals surface area contributed by atoms with Crippen LogP contribution in [0.5, 0.6) is 0 Å². The molecule has 0 aromatic carbocycles. The van der Waals surface area contributed by atoms with Crippen molar-refractivity contribution >= 4 is 5.97 Å². The Morgan fingerprint density at radius 1 is 0.767 bits per heavy atom. The van der Waals surface area contributed by atoms with E-state index in [1.807, 2.05) is 0 Å². The molecule has 0 aliphatic carbocycles. The van der Waals surface area contributed by atoms with Crippen molar-refractivity contribution < 1.29 is 14.6 Å². The van der Waals surface area contributed by atoms with Gasteiger partial charge in [0.1, 0.15) is 6.10 Å². The molecule has 1 unspecified atom stereocenters. The number of esters is 1. The second kappa shape index (κ2) is 17.0. The molecule has 30 heavy (non-hydrogen) atoms. The summed E-state index contributed by atoms with van der Waals surface area (Å²) in [4.78, 5) is 11.3. The summed E-state index contributed by atoms with van der Waals surface area (Å²) in [5.41, 5.74) is 0.919. The molecule has 0 spiro atoms. The first-order valence-electron chi connectivity index (χ1n) is 13.1. The zero-order valence-corrected chi connectivity index (χ0v) is 21.4. The highest BCUT2D eigenvalue weighted by Crippen LogP contribution is 2.42. The molecule has 0 heterocycles. The van der Waals surface area contributed by atoms with Crippen LogP contribution in [0.1, 0.15) is 144 Å². The first-order chi connectivity index (χ1) is 14.2. The third-order valence-electron chi connectivity index (χ3n) is 7.23. The Morgan fingerprint density at radius 3 is 1.87 bits per heavy atom. The molecule has 0 saturated heterocycles. The lowest BCUT2D eigenvalue weighted by Crippen LogP contribution is -2.23. The number of aliphatic hydroxyl groups excluding tert-OH is 1. The minimum atomic E-state index is -1.01. The van der Waals surface area contributed by atoms with E-state index in [4.69, 9.17) is 9.84 Å². The fourth-order valence-electron chi connectivity index (χ4n) is 4.44. The molecule has 180 valence electrons. The van der Waals surface area contributed by atoms with Gasteiger partial charge in [-0.2, -0.15) is 0 Å². The van der Waals surface area contributed by atoms with Gasteiger partial charge in [-0.05, 0) is 49.9 Å². The van der Waals surface area contributed by atoms with E-state index in [9.17, 15) is 4.79 Å². The summed E-state index contributed by atoms with van der Waals surface area (Å²) < 4.78 is 5.04. The number of unbranched alkanes of at least 4 members (excludes halogenated alkanes) is 8. The molecule has 3 heteroatoms. The van der Waals surface area contributed by atoms with E-state index in [0.29, 0.717) is 17.4 Å². The van der Waals surface area contributed by atoms with Crippen molar-refractivity contribution in [1.29, 1.82) is 0 Å². The highest BCUT2D eigenvalue weighted by Gasteiger charge is 2.28. The summed E-state index contributed by atoms with van der Waals surface area (Å²) in [5, 5.41) is 9.13. The molecule has 0 aromatic rings. The van der Waals surface area contributed by atoms with Gasteiger partial charge in [0.15, 0.2) is 0 Å². The molecule has 0 bridgehead atoms. The topological polar surface area (TPSA) is 46.5 Å². The van der Waals surface area contributed by atoms with Gasteiger partial charge in [0.2, 0.25) is 0 Å². The summed E-state index contributed by atoms with van der Waals surface area (Å²) in [7, 11) is 0. The summed E-state index contributed by atoms with van der Waals surface area (Å²) in [6.45, 7) is 13.8. The zero-order chi connectivity index (χ0) is 22.9. The summed E-state index contributed by atoms with van der Waals surface area (Å²) >= 11 is 0. The smallest absolute Gasteiger partial charge is 0.334 e. The Kier molecular flexibility index (Phi) is 16.7. The van der Waals surface area contributed by atoms with Crippen LogP contribution in [0.25, 0.3) is 0 Å². The number of rotatable bonds is 20. The first-order valence-corrected chi connectivity index (χ1v) is 13.1. The molecule has 1 N–H and O–H groups in total.